The zero-order chi connectivity index (χ0) is 15.3. The number of thiophene rings is 2. The van der Waals surface area contributed by atoms with Crippen molar-refractivity contribution in [2.45, 2.75) is 19.4 Å². The van der Waals surface area contributed by atoms with E-state index in [1.165, 1.54) is 26.4 Å². The molecule has 3 aromatic heterocycles. The lowest BCUT2D eigenvalue weighted by molar-refractivity contribution is 0.602. The van der Waals surface area contributed by atoms with Crippen LogP contribution in [-0.4, -0.2) is 16.3 Å². The second-order valence-corrected chi connectivity index (χ2v) is 8.30. The molecule has 0 spiro atoms. The summed E-state index contributed by atoms with van der Waals surface area (Å²) in [6.45, 7) is 3.96. The molecule has 4 heterocycles. The zero-order valence-electron chi connectivity index (χ0n) is 12.4. The first-order valence-electron chi connectivity index (χ1n) is 7.20. The summed E-state index contributed by atoms with van der Waals surface area (Å²) in [5.74, 6) is 0.369. The largest absolute Gasteiger partial charge is 0.311 e. The number of nitrogens with zero attached hydrogens (tertiary/aromatic N) is 2. The van der Waals surface area contributed by atoms with E-state index in [0.29, 0.717) is 5.92 Å². The van der Waals surface area contributed by atoms with E-state index in [0.717, 1.165) is 23.1 Å². The van der Waals surface area contributed by atoms with Crippen LogP contribution < -0.4 is 5.32 Å². The van der Waals surface area contributed by atoms with Crippen LogP contribution in [0.25, 0.3) is 10.4 Å². The molecule has 0 bridgehead atoms. The first-order chi connectivity index (χ1) is 10.6. The van der Waals surface area contributed by atoms with Gasteiger partial charge in [0.1, 0.15) is 0 Å². The van der Waals surface area contributed by atoms with E-state index in [-0.39, 0.29) is 0 Å². The number of fused-ring (bicyclic) bond motifs is 1. The minimum Gasteiger partial charge on any atom is -0.311 e. The summed E-state index contributed by atoms with van der Waals surface area (Å²) < 4.78 is 2.77. The van der Waals surface area contributed by atoms with Gasteiger partial charge in [0.25, 0.3) is 0 Å². The van der Waals surface area contributed by atoms with Crippen molar-refractivity contribution in [3.05, 3.63) is 49.7 Å². The van der Waals surface area contributed by atoms with Crippen LogP contribution in [-0.2, 0) is 13.6 Å². The molecule has 0 amide bonds. The van der Waals surface area contributed by atoms with E-state index in [1.807, 2.05) is 11.7 Å². The molecule has 22 heavy (non-hydrogen) atoms. The van der Waals surface area contributed by atoms with Crippen LogP contribution in [0.2, 0.25) is 4.34 Å². The summed E-state index contributed by atoms with van der Waals surface area (Å²) in [4.78, 5) is 2.69. The van der Waals surface area contributed by atoms with E-state index in [1.54, 1.807) is 22.7 Å². The Morgan fingerprint density at radius 2 is 2.27 bits per heavy atom. The lowest BCUT2D eigenvalue weighted by Crippen LogP contribution is -2.27. The normalized spacial score (nSPS) is 17.7. The minimum absolute atomic E-state index is 0.369. The Morgan fingerprint density at radius 3 is 3.05 bits per heavy atom. The number of nitrogens with one attached hydrogen (secondary N) is 1. The van der Waals surface area contributed by atoms with Crippen molar-refractivity contribution in [1.29, 1.82) is 0 Å². The topological polar surface area (TPSA) is 29.9 Å². The van der Waals surface area contributed by atoms with Crippen molar-refractivity contribution in [1.82, 2.24) is 15.1 Å². The maximum atomic E-state index is 6.24. The van der Waals surface area contributed by atoms with Crippen LogP contribution in [0, 0.1) is 6.92 Å². The monoisotopic (exact) mass is 349 g/mol. The van der Waals surface area contributed by atoms with E-state index in [2.05, 4.69) is 41.0 Å². The number of aryl methyl sites for hydroxylation is 2. The number of rotatable bonds is 2. The molecule has 3 aromatic rings. The maximum Gasteiger partial charge on any atom is 0.0934 e. The molecule has 0 radical (unpaired) electrons. The standard InChI is InChI=1S/C16H16ClN3S2/c1-9-13(8-20(2)19-9)16-10(3-4-21-16)12-6-18-7-14-11(12)5-15(17)22-14/h3-5,8,12,18H,6-7H2,1-2H3. The predicted octanol–water partition coefficient (Wildman–Crippen LogP) is 4.41. The molecule has 4 rings (SSSR count). The Kier molecular flexibility index (Phi) is 3.61. The quantitative estimate of drug-likeness (QED) is 0.742. The summed E-state index contributed by atoms with van der Waals surface area (Å²) in [6.07, 6.45) is 2.11. The van der Waals surface area contributed by atoms with Crippen molar-refractivity contribution in [2.24, 2.45) is 7.05 Å². The summed E-state index contributed by atoms with van der Waals surface area (Å²) in [5, 5.41) is 10.2. The first kappa shape index (κ1) is 14.5. The van der Waals surface area contributed by atoms with Crippen molar-refractivity contribution >= 4 is 34.3 Å². The molecular formula is C16H16ClN3S2. The van der Waals surface area contributed by atoms with Gasteiger partial charge in [0.2, 0.25) is 0 Å². The molecule has 0 aliphatic carbocycles. The van der Waals surface area contributed by atoms with Crippen molar-refractivity contribution in [3.63, 3.8) is 0 Å². The Morgan fingerprint density at radius 1 is 1.41 bits per heavy atom. The molecule has 1 unspecified atom stereocenters. The molecule has 3 nitrogen and oxygen atoms in total. The van der Waals surface area contributed by atoms with Gasteiger partial charge < -0.3 is 5.32 Å². The lowest BCUT2D eigenvalue weighted by atomic mass is 9.88. The van der Waals surface area contributed by atoms with Gasteiger partial charge in [0, 0.05) is 47.6 Å². The average molecular weight is 350 g/mol. The molecule has 1 aliphatic heterocycles. The summed E-state index contributed by atoms with van der Waals surface area (Å²) in [7, 11) is 1.97. The number of halogens is 1. The highest BCUT2D eigenvalue weighted by atomic mass is 35.5. The van der Waals surface area contributed by atoms with E-state index in [9.17, 15) is 0 Å². The van der Waals surface area contributed by atoms with Crippen molar-refractivity contribution in [3.8, 4) is 10.4 Å². The van der Waals surface area contributed by atoms with Crippen LogP contribution in [0.15, 0.2) is 23.7 Å². The third-order valence-electron chi connectivity index (χ3n) is 4.15. The Hall–Kier alpha value is -1.14. The second kappa shape index (κ2) is 5.49. The molecule has 0 saturated carbocycles. The van der Waals surface area contributed by atoms with Gasteiger partial charge in [-0.25, -0.2) is 0 Å². The van der Waals surface area contributed by atoms with Gasteiger partial charge in [-0.05, 0) is 35.6 Å². The highest BCUT2D eigenvalue weighted by Crippen LogP contribution is 2.43. The molecule has 0 saturated heterocycles. The third-order valence-corrected chi connectivity index (χ3v) is 6.39. The van der Waals surface area contributed by atoms with E-state index < -0.39 is 0 Å². The third kappa shape index (κ3) is 2.33. The van der Waals surface area contributed by atoms with Crippen molar-refractivity contribution < 1.29 is 0 Å². The fraction of sp³-hybridized carbons (Fsp3) is 0.312. The van der Waals surface area contributed by atoms with Crippen LogP contribution in [0.5, 0.6) is 0 Å². The molecule has 1 aliphatic rings. The fourth-order valence-electron chi connectivity index (χ4n) is 3.19. The first-order valence-corrected chi connectivity index (χ1v) is 9.27. The summed E-state index contributed by atoms with van der Waals surface area (Å²) in [5.41, 5.74) is 5.08. The van der Waals surface area contributed by atoms with Crippen LogP contribution in [0.1, 0.15) is 27.6 Å². The molecule has 1 N–H and O–H groups in total. The number of hydrogen-bond donors (Lipinski definition) is 1. The second-order valence-electron chi connectivity index (χ2n) is 5.62. The Labute approximate surface area is 142 Å². The summed E-state index contributed by atoms with van der Waals surface area (Å²) in [6, 6.07) is 4.39. The molecule has 1 atom stereocenters. The zero-order valence-corrected chi connectivity index (χ0v) is 14.8. The summed E-state index contributed by atoms with van der Waals surface area (Å²) >= 11 is 9.73. The smallest absolute Gasteiger partial charge is 0.0934 e. The average Bonchev–Trinajstić information content (AvgIpc) is 3.15. The van der Waals surface area contributed by atoms with E-state index >= 15 is 0 Å². The highest BCUT2D eigenvalue weighted by Gasteiger charge is 2.27. The predicted molar refractivity (Wildman–Crippen MR) is 94.1 cm³/mol. The van der Waals surface area contributed by atoms with Crippen LogP contribution >= 0.6 is 34.3 Å². The fourth-order valence-corrected chi connectivity index (χ4v) is 5.53. The van der Waals surface area contributed by atoms with Gasteiger partial charge in [-0.1, -0.05) is 11.6 Å². The van der Waals surface area contributed by atoms with Crippen LogP contribution in [0.3, 0.4) is 0 Å². The highest BCUT2D eigenvalue weighted by molar-refractivity contribution is 7.16. The lowest BCUT2D eigenvalue weighted by Gasteiger charge is -2.24. The molecule has 114 valence electrons. The molecule has 6 heteroatoms. The SMILES string of the molecule is Cc1nn(C)cc1-c1sccc1C1CNCc2sc(Cl)cc21. The van der Waals surface area contributed by atoms with Crippen LogP contribution in [0.4, 0.5) is 0 Å². The van der Waals surface area contributed by atoms with Gasteiger partial charge in [0.15, 0.2) is 0 Å². The van der Waals surface area contributed by atoms with Gasteiger partial charge >= 0.3 is 0 Å². The van der Waals surface area contributed by atoms with Gasteiger partial charge in [-0.2, -0.15) is 5.10 Å². The minimum atomic E-state index is 0.369. The number of aromatic nitrogens is 2. The molecule has 0 fully saturated rings. The van der Waals surface area contributed by atoms with Gasteiger partial charge in [0.05, 0.1) is 10.0 Å². The van der Waals surface area contributed by atoms with Gasteiger partial charge in [-0.3, -0.25) is 4.68 Å². The molecule has 0 aromatic carbocycles. The number of hydrogen-bond acceptors (Lipinski definition) is 4. The maximum absolute atomic E-state index is 6.24. The Balaban J connectivity index is 1.82. The van der Waals surface area contributed by atoms with Crippen molar-refractivity contribution in [2.75, 3.05) is 6.54 Å². The molecular weight excluding hydrogens is 334 g/mol. The Bertz CT molecular complexity index is 830. The van der Waals surface area contributed by atoms with Gasteiger partial charge in [-0.15, -0.1) is 22.7 Å². The van der Waals surface area contributed by atoms with E-state index in [4.69, 9.17) is 11.6 Å².